The smallest absolute Gasteiger partial charge is 0.134 e. The van der Waals surface area contributed by atoms with Gasteiger partial charge in [0.15, 0.2) is 0 Å². The number of anilines is 2. The Morgan fingerprint density at radius 1 is 1.32 bits per heavy atom. The topological polar surface area (TPSA) is 41.0 Å². The molecule has 2 aromatic rings. The van der Waals surface area contributed by atoms with Crippen molar-refractivity contribution in [2.75, 3.05) is 24.3 Å². The molecule has 0 saturated carbocycles. The van der Waals surface area contributed by atoms with Gasteiger partial charge < -0.3 is 10.2 Å². The second kappa shape index (κ2) is 5.97. The molecule has 1 aromatic heterocycles. The summed E-state index contributed by atoms with van der Waals surface area (Å²) in [5.41, 5.74) is 0.612. The largest absolute Gasteiger partial charge is 0.373 e. The first-order chi connectivity index (χ1) is 9.10. The van der Waals surface area contributed by atoms with E-state index in [4.69, 9.17) is 0 Å². The van der Waals surface area contributed by atoms with Crippen LogP contribution < -0.4 is 10.2 Å². The van der Waals surface area contributed by atoms with Gasteiger partial charge in [-0.25, -0.2) is 14.4 Å². The lowest BCUT2D eigenvalue weighted by molar-refractivity contribution is 0.607. The summed E-state index contributed by atoms with van der Waals surface area (Å²) in [5, 5.41) is 2.95. The van der Waals surface area contributed by atoms with E-state index in [1.807, 2.05) is 18.0 Å². The summed E-state index contributed by atoms with van der Waals surface area (Å²) >= 11 is 3.34. The van der Waals surface area contributed by atoms with Gasteiger partial charge in [-0.05, 0) is 18.2 Å². The zero-order valence-electron chi connectivity index (χ0n) is 10.7. The summed E-state index contributed by atoms with van der Waals surface area (Å²) in [4.78, 5) is 10.1. The summed E-state index contributed by atoms with van der Waals surface area (Å²) < 4.78 is 14.6. The van der Waals surface area contributed by atoms with E-state index >= 15 is 0 Å². The van der Waals surface area contributed by atoms with E-state index in [0.29, 0.717) is 12.1 Å². The lowest BCUT2D eigenvalue weighted by Gasteiger charge is -2.19. The van der Waals surface area contributed by atoms with Crippen molar-refractivity contribution in [1.82, 2.24) is 9.97 Å². The van der Waals surface area contributed by atoms with Crippen molar-refractivity contribution in [2.45, 2.75) is 6.54 Å². The summed E-state index contributed by atoms with van der Waals surface area (Å²) in [5.74, 6) is 1.24. The molecule has 1 N–H and O–H groups in total. The summed E-state index contributed by atoms with van der Waals surface area (Å²) in [6.07, 6.45) is 1.48. The molecule has 0 unspecified atom stereocenters. The quantitative estimate of drug-likeness (QED) is 0.938. The molecular formula is C13H14BrFN4. The van der Waals surface area contributed by atoms with Crippen LogP contribution in [0.3, 0.4) is 0 Å². The maximum Gasteiger partial charge on any atom is 0.134 e. The number of nitrogens with one attached hydrogen (secondary N) is 1. The Bertz CT molecular complexity index is 576. The Balaban J connectivity index is 2.20. The number of hydrogen-bond acceptors (Lipinski definition) is 4. The van der Waals surface area contributed by atoms with Crippen LogP contribution in [-0.4, -0.2) is 24.1 Å². The molecule has 100 valence electrons. The molecule has 1 aromatic carbocycles. The number of halogens is 2. The zero-order chi connectivity index (χ0) is 13.8. The van der Waals surface area contributed by atoms with Crippen molar-refractivity contribution in [1.29, 1.82) is 0 Å². The molecule has 0 spiro atoms. The molecule has 0 aliphatic rings. The minimum atomic E-state index is -0.224. The van der Waals surface area contributed by atoms with Crippen LogP contribution in [0.5, 0.6) is 0 Å². The van der Waals surface area contributed by atoms with Crippen molar-refractivity contribution >= 4 is 27.6 Å². The molecule has 4 nitrogen and oxygen atoms in total. The van der Waals surface area contributed by atoms with E-state index in [-0.39, 0.29) is 5.82 Å². The number of aromatic nitrogens is 2. The minimum Gasteiger partial charge on any atom is -0.373 e. The Hall–Kier alpha value is -1.69. The van der Waals surface area contributed by atoms with Gasteiger partial charge >= 0.3 is 0 Å². The van der Waals surface area contributed by atoms with Gasteiger partial charge in [0.05, 0.1) is 0 Å². The van der Waals surface area contributed by atoms with Crippen molar-refractivity contribution < 1.29 is 4.39 Å². The Kier molecular flexibility index (Phi) is 4.31. The van der Waals surface area contributed by atoms with Crippen LogP contribution in [0.15, 0.2) is 35.1 Å². The van der Waals surface area contributed by atoms with Crippen LogP contribution in [-0.2, 0) is 6.54 Å². The highest BCUT2D eigenvalue weighted by Gasteiger charge is 2.09. The predicted molar refractivity (Wildman–Crippen MR) is 77.8 cm³/mol. The highest BCUT2D eigenvalue weighted by molar-refractivity contribution is 9.10. The molecule has 19 heavy (non-hydrogen) atoms. The van der Waals surface area contributed by atoms with Crippen molar-refractivity contribution in [3.8, 4) is 0 Å². The lowest BCUT2D eigenvalue weighted by atomic mass is 10.2. The van der Waals surface area contributed by atoms with Crippen LogP contribution in [0.2, 0.25) is 0 Å². The summed E-state index contributed by atoms with van der Waals surface area (Å²) in [7, 11) is 3.65. The molecule has 0 aliphatic heterocycles. The average Bonchev–Trinajstić information content (AvgIpc) is 2.43. The van der Waals surface area contributed by atoms with Gasteiger partial charge in [0.1, 0.15) is 23.8 Å². The fourth-order valence-electron chi connectivity index (χ4n) is 1.69. The van der Waals surface area contributed by atoms with Gasteiger partial charge in [-0.15, -0.1) is 0 Å². The maximum atomic E-state index is 13.7. The maximum absolute atomic E-state index is 13.7. The molecular weight excluding hydrogens is 311 g/mol. The van der Waals surface area contributed by atoms with E-state index in [2.05, 4.69) is 31.2 Å². The van der Waals surface area contributed by atoms with E-state index in [9.17, 15) is 4.39 Å². The number of rotatable bonds is 4. The van der Waals surface area contributed by atoms with Crippen LogP contribution in [0.4, 0.5) is 16.0 Å². The number of benzene rings is 1. The van der Waals surface area contributed by atoms with Crippen LogP contribution in [0.1, 0.15) is 5.56 Å². The molecule has 0 saturated heterocycles. The molecule has 0 radical (unpaired) electrons. The normalized spacial score (nSPS) is 10.3. The van der Waals surface area contributed by atoms with Crippen molar-refractivity contribution in [2.24, 2.45) is 0 Å². The van der Waals surface area contributed by atoms with E-state index in [1.54, 1.807) is 19.2 Å². The monoisotopic (exact) mass is 324 g/mol. The van der Waals surface area contributed by atoms with Gasteiger partial charge in [0, 0.05) is 36.7 Å². The highest BCUT2D eigenvalue weighted by Crippen LogP contribution is 2.19. The third-order valence-corrected chi connectivity index (χ3v) is 3.21. The second-order valence-corrected chi connectivity index (χ2v) is 5.02. The molecule has 0 bridgehead atoms. The standard InChI is InChI=1S/C13H14BrFN4/c1-16-12-6-13(18-8-17-12)19(2)7-9-5-10(14)3-4-11(9)15/h3-6,8H,7H2,1-2H3,(H,16,17,18). The fourth-order valence-corrected chi connectivity index (χ4v) is 2.10. The van der Waals surface area contributed by atoms with Crippen LogP contribution in [0.25, 0.3) is 0 Å². The Morgan fingerprint density at radius 3 is 2.84 bits per heavy atom. The number of nitrogens with zero attached hydrogens (tertiary/aromatic N) is 3. The average molecular weight is 325 g/mol. The molecule has 0 aliphatic carbocycles. The van der Waals surface area contributed by atoms with Gasteiger partial charge in [-0.2, -0.15) is 0 Å². The van der Waals surface area contributed by atoms with Crippen molar-refractivity contribution in [3.05, 3.63) is 46.4 Å². The third kappa shape index (κ3) is 3.41. The predicted octanol–water partition coefficient (Wildman–Crippen LogP) is 3.06. The SMILES string of the molecule is CNc1cc(N(C)Cc2cc(Br)ccc2F)ncn1. The van der Waals surface area contributed by atoms with E-state index < -0.39 is 0 Å². The van der Waals surface area contributed by atoms with Crippen molar-refractivity contribution in [3.63, 3.8) is 0 Å². The van der Waals surface area contributed by atoms with E-state index in [1.165, 1.54) is 12.4 Å². The second-order valence-electron chi connectivity index (χ2n) is 4.10. The first-order valence-corrected chi connectivity index (χ1v) is 6.54. The van der Waals surface area contributed by atoms with Gasteiger partial charge in [-0.3, -0.25) is 0 Å². The van der Waals surface area contributed by atoms with Gasteiger partial charge in [-0.1, -0.05) is 15.9 Å². The zero-order valence-corrected chi connectivity index (χ0v) is 12.3. The summed E-state index contributed by atoms with van der Waals surface area (Å²) in [6, 6.07) is 6.72. The summed E-state index contributed by atoms with van der Waals surface area (Å²) in [6.45, 7) is 0.436. The van der Waals surface area contributed by atoms with Gasteiger partial charge in [0.25, 0.3) is 0 Å². The molecule has 0 amide bonds. The lowest BCUT2D eigenvalue weighted by Crippen LogP contribution is -2.18. The number of hydrogen-bond donors (Lipinski definition) is 1. The Labute approximate surface area is 119 Å². The first-order valence-electron chi connectivity index (χ1n) is 5.75. The van der Waals surface area contributed by atoms with E-state index in [0.717, 1.165) is 16.1 Å². The Morgan fingerprint density at radius 2 is 2.11 bits per heavy atom. The third-order valence-electron chi connectivity index (χ3n) is 2.72. The molecule has 1 heterocycles. The fraction of sp³-hybridized carbons (Fsp3) is 0.231. The van der Waals surface area contributed by atoms with Crippen LogP contribution in [0, 0.1) is 5.82 Å². The molecule has 6 heteroatoms. The molecule has 0 fully saturated rings. The first kappa shape index (κ1) is 13.7. The van der Waals surface area contributed by atoms with Gasteiger partial charge in [0.2, 0.25) is 0 Å². The van der Waals surface area contributed by atoms with Crippen LogP contribution >= 0.6 is 15.9 Å². The molecule has 0 atom stereocenters. The molecule has 2 rings (SSSR count). The minimum absolute atomic E-state index is 0.224. The highest BCUT2D eigenvalue weighted by atomic mass is 79.9.